The van der Waals surface area contributed by atoms with Gasteiger partial charge >= 0.3 is 6.03 Å². The van der Waals surface area contributed by atoms with Crippen molar-refractivity contribution in [3.63, 3.8) is 0 Å². The van der Waals surface area contributed by atoms with E-state index in [0.717, 1.165) is 65.3 Å². The molecule has 1 N–H and O–H groups in total. The summed E-state index contributed by atoms with van der Waals surface area (Å²) in [5, 5.41) is 3.07. The number of morpholine rings is 1. The zero-order valence-corrected chi connectivity index (χ0v) is 14.6. The highest BCUT2D eigenvalue weighted by molar-refractivity contribution is 5.74. The van der Waals surface area contributed by atoms with Crippen LogP contribution in [0.5, 0.6) is 0 Å². The van der Waals surface area contributed by atoms with Gasteiger partial charge in [0.2, 0.25) is 0 Å². The Morgan fingerprint density at radius 3 is 2.83 bits per heavy atom. The van der Waals surface area contributed by atoms with Crippen LogP contribution in [0.4, 0.5) is 4.79 Å². The largest absolute Gasteiger partial charge is 0.382 e. The van der Waals surface area contributed by atoms with Crippen molar-refractivity contribution in [3.8, 4) is 0 Å². The summed E-state index contributed by atoms with van der Waals surface area (Å²) in [5.74, 6) is 0. The summed E-state index contributed by atoms with van der Waals surface area (Å²) in [7, 11) is 0. The molecule has 0 aromatic rings. The Hall–Kier alpha value is -0.850. The second kappa shape index (κ2) is 10.8. The molecule has 2 amide bonds. The fraction of sp³-hybridized carbons (Fsp3) is 0.941. The molecular formula is C17H33N3O3. The molecule has 2 heterocycles. The van der Waals surface area contributed by atoms with Gasteiger partial charge in [0.05, 0.1) is 13.2 Å². The molecule has 2 aliphatic heterocycles. The first-order chi connectivity index (χ1) is 11.3. The summed E-state index contributed by atoms with van der Waals surface area (Å²) in [6.45, 7) is 9.61. The lowest BCUT2D eigenvalue weighted by Gasteiger charge is -2.36. The van der Waals surface area contributed by atoms with Gasteiger partial charge in [-0.15, -0.1) is 0 Å². The Bertz CT molecular complexity index is 335. The zero-order valence-electron chi connectivity index (χ0n) is 14.6. The average molecular weight is 327 g/mol. The maximum absolute atomic E-state index is 12.6. The van der Waals surface area contributed by atoms with E-state index in [2.05, 4.69) is 15.1 Å². The molecule has 134 valence electrons. The summed E-state index contributed by atoms with van der Waals surface area (Å²) in [6.07, 6.45) is 5.56. The van der Waals surface area contributed by atoms with E-state index in [-0.39, 0.29) is 6.03 Å². The lowest BCUT2D eigenvalue weighted by molar-refractivity contribution is 0.0260. The Balaban J connectivity index is 1.80. The summed E-state index contributed by atoms with van der Waals surface area (Å²) in [5.41, 5.74) is 0. The Morgan fingerprint density at radius 1 is 1.22 bits per heavy atom. The van der Waals surface area contributed by atoms with Crippen molar-refractivity contribution < 1.29 is 14.3 Å². The van der Waals surface area contributed by atoms with E-state index in [1.54, 1.807) is 0 Å². The standard InChI is InChI=1S/C17H33N3O3/c1-2-22-12-6-8-18-17(21)20-9-5-3-4-7-16(20)15-19-10-13-23-14-11-19/h16H,2-15H2,1H3,(H,18,21). The Morgan fingerprint density at radius 2 is 2.04 bits per heavy atom. The van der Waals surface area contributed by atoms with Crippen molar-refractivity contribution in [3.05, 3.63) is 0 Å². The van der Waals surface area contributed by atoms with Crippen LogP contribution >= 0.6 is 0 Å². The van der Waals surface area contributed by atoms with Crippen molar-refractivity contribution in [2.75, 3.05) is 59.2 Å². The third-order valence-corrected chi connectivity index (χ3v) is 4.66. The number of nitrogens with zero attached hydrogens (tertiary/aromatic N) is 2. The summed E-state index contributed by atoms with van der Waals surface area (Å²) in [6, 6.07) is 0.434. The highest BCUT2D eigenvalue weighted by atomic mass is 16.5. The number of ether oxygens (including phenoxy) is 2. The van der Waals surface area contributed by atoms with Crippen LogP contribution in [-0.4, -0.2) is 81.0 Å². The minimum Gasteiger partial charge on any atom is -0.382 e. The molecule has 0 aromatic carbocycles. The van der Waals surface area contributed by atoms with Gasteiger partial charge in [-0.1, -0.05) is 12.8 Å². The predicted octanol–water partition coefficient (Wildman–Crippen LogP) is 1.70. The fourth-order valence-corrected chi connectivity index (χ4v) is 3.33. The van der Waals surface area contributed by atoms with Gasteiger partial charge < -0.3 is 19.7 Å². The molecule has 0 aliphatic carbocycles. The molecule has 2 aliphatic rings. The number of carbonyl (C=O) groups is 1. The minimum atomic E-state index is 0.0988. The summed E-state index contributed by atoms with van der Waals surface area (Å²) in [4.78, 5) is 17.1. The van der Waals surface area contributed by atoms with Gasteiger partial charge in [0.1, 0.15) is 0 Å². The number of nitrogens with one attached hydrogen (secondary N) is 1. The molecule has 2 rings (SSSR count). The molecule has 0 spiro atoms. The first-order valence-corrected chi connectivity index (χ1v) is 9.23. The number of likely N-dealkylation sites (tertiary alicyclic amines) is 1. The van der Waals surface area contributed by atoms with Gasteiger partial charge in [-0.05, 0) is 26.2 Å². The third kappa shape index (κ3) is 6.65. The van der Waals surface area contributed by atoms with Gasteiger partial charge in [-0.3, -0.25) is 4.90 Å². The van der Waals surface area contributed by atoms with Crippen molar-refractivity contribution in [1.29, 1.82) is 0 Å². The van der Waals surface area contributed by atoms with E-state index < -0.39 is 0 Å². The van der Waals surface area contributed by atoms with Crippen LogP contribution in [0.25, 0.3) is 0 Å². The monoisotopic (exact) mass is 327 g/mol. The normalized spacial score (nSPS) is 23.5. The quantitative estimate of drug-likeness (QED) is 0.723. The van der Waals surface area contributed by atoms with Crippen LogP contribution < -0.4 is 5.32 Å². The van der Waals surface area contributed by atoms with Crippen molar-refractivity contribution >= 4 is 6.03 Å². The number of hydrogen-bond donors (Lipinski definition) is 1. The number of carbonyl (C=O) groups excluding carboxylic acids is 1. The minimum absolute atomic E-state index is 0.0988. The van der Waals surface area contributed by atoms with Gasteiger partial charge in [-0.25, -0.2) is 4.79 Å². The molecule has 0 radical (unpaired) electrons. The zero-order chi connectivity index (χ0) is 16.3. The molecule has 2 saturated heterocycles. The number of rotatable bonds is 7. The molecule has 2 fully saturated rings. The number of hydrogen-bond acceptors (Lipinski definition) is 4. The van der Waals surface area contributed by atoms with E-state index in [1.165, 1.54) is 12.8 Å². The Labute approximate surface area is 140 Å². The topological polar surface area (TPSA) is 54.0 Å². The van der Waals surface area contributed by atoms with Crippen molar-refractivity contribution in [2.45, 2.75) is 45.1 Å². The number of urea groups is 1. The molecular weight excluding hydrogens is 294 g/mol. The van der Waals surface area contributed by atoms with Gasteiger partial charge in [-0.2, -0.15) is 0 Å². The van der Waals surface area contributed by atoms with Crippen LogP contribution in [0.1, 0.15) is 39.0 Å². The molecule has 6 heteroatoms. The van der Waals surface area contributed by atoms with Crippen LogP contribution in [0.3, 0.4) is 0 Å². The van der Waals surface area contributed by atoms with Crippen LogP contribution in [0, 0.1) is 0 Å². The summed E-state index contributed by atoms with van der Waals surface area (Å²) < 4.78 is 10.7. The Kier molecular flexibility index (Phi) is 8.71. The van der Waals surface area contributed by atoms with E-state index in [9.17, 15) is 4.79 Å². The predicted molar refractivity (Wildman–Crippen MR) is 90.7 cm³/mol. The fourth-order valence-electron chi connectivity index (χ4n) is 3.33. The molecule has 0 bridgehead atoms. The smallest absolute Gasteiger partial charge is 0.317 e. The maximum atomic E-state index is 12.6. The SMILES string of the molecule is CCOCCCNC(=O)N1CCCCCC1CN1CCOCC1. The van der Waals surface area contributed by atoms with Crippen LogP contribution in [0.15, 0.2) is 0 Å². The highest BCUT2D eigenvalue weighted by Gasteiger charge is 2.27. The second-order valence-electron chi connectivity index (χ2n) is 6.39. The maximum Gasteiger partial charge on any atom is 0.317 e. The van der Waals surface area contributed by atoms with Crippen LogP contribution in [-0.2, 0) is 9.47 Å². The molecule has 0 aromatic heterocycles. The molecule has 23 heavy (non-hydrogen) atoms. The van der Waals surface area contributed by atoms with Gasteiger partial charge in [0, 0.05) is 52.0 Å². The molecule has 6 nitrogen and oxygen atoms in total. The van der Waals surface area contributed by atoms with E-state index in [1.807, 2.05) is 6.92 Å². The molecule has 1 unspecified atom stereocenters. The lowest BCUT2D eigenvalue weighted by atomic mass is 10.1. The number of amides is 2. The van der Waals surface area contributed by atoms with E-state index >= 15 is 0 Å². The van der Waals surface area contributed by atoms with Crippen molar-refractivity contribution in [1.82, 2.24) is 15.1 Å². The third-order valence-electron chi connectivity index (χ3n) is 4.66. The van der Waals surface area contributed by atoms with E-state index in [4.69, 9.17) is 9.47 Å². The first-order valence-electron chi connectivity index (χ1n) is 9.23. The van der Waals surface area contributed by atoms with Crippen molar-refractivity contribution in [2.24, 2.45) is 0 Å². The molecule has 1 atom stereocenters. The average Bonchev–Trinajstić information content (AvgIpc) is 2.81. The lowest BCUT2D eigenvalue weighted by Crippen LogP contribution is -2.52. The van der Waals surface area contributed by atoms with E-state index in [0.29, 0.717) is 19.2 Å². The van der Waals surface area contributed by atoms with Crippen LogP contribution in [0.2, 0.25) is 0 Å². The second-order valence-corrected chi connectivity index (χ2v) is 6.39. The van der Waals surface area contributed by atoms with Gasteiger partial charge in [0.25, 0.3) is 0 Å². The highest BCUT2D eigenvalue weighted by Crippen LogP contribution is 2.18. The summed E-state index contributed by atoms with van der Waals surface area (Å²) >= 11 is 0. The molecule has 0 saturated carbocycles. The first kappa shape index (κ1) is 18.5. The van der Waals surface area contributed by atoms with Gasteiger partial charge in [0.15, 0.2) is 0 Å².